The maximum atomic E-state index is 14.1. The predicted molar refractivity (Wildman–Crippen MR) is 137 cm³/mol. The summed E-state index contributed by atoms with van der Waals surface area (Å²) in [7, 11) is 1.34. The number of benzene rings is 2. The Morgan fingerprint density at radius 3 is 2.22 bits per heavy atom. The number of para-hydroxylation sites is 1. The third-order valence-corrected chi connectivity index (χ3v) is 8.02. The number of carbonyl (C=O) groups is 3. The summed E-state index contributed by atoms with van der Waals surface area (Å²) in [5.74, 6) is -0.878. The molecule has 4 rings (SSSR count). The molecule has 1 saturated heterocycles. The zero-order valence-corrected chi connectivity index (χ0v) is 21.4. The molecule has 0 spiro atoms. The average Bonchev–Trinajstić information content (AvgIpc) is 3.09. The van der Waals surface area contributed by atoms with E-state index in [4.69, 9.17) is 9.47 Å². The third-order valence-electron chi connectivity index (χ3n) is 8.02. The molecule has 7 heteroatoms. The molecule has 36 heavy (non-hydrogen) atoms. The number of nitrogens with one attached hydrogen (secondary N) is 1. The van der Waals surface area contributed by atoms with Gasteiger partial charge < -0.3 is 19.3 Å². The zero-order chi connectivity index (χ0) is 25.6. The van der Waals surface area contributed by atoms with Crippen LogP contribution >= 0.6 is 0 Å². The first-order valence-corrected chi connectivity index (χ1v) is 13.0. The Bertz CT molecular complexity index is 1090. The van der Waals surface area contributed by atoms with E-state index < -0.39 is 11.5 Å². The molecule has 0 aromatic heterocycles. The first kappa shape index (κ1) is 25.9. The lowest BCUT2D eigenvalue weighted by molar-refractivity contribution is -0.965. The Labute approximate surface area is 213 Å². The first-order valence-electron chi connectivity index (χ1n) is 13.0. The standard InChI is InChI=1S/C29H36N2O5/c1-22-12-10-15-24(27(33)35-2)26(22)30-28(34)29(16-11-17-29)31(18-8-3-4-9-19-31)20-25(32)36-21-23-13-6-5-7-14-23/h5-7,10,12-15H,3-4,8-9,11,16-21H2,1-2H3/p+1. The van der Waals surface area contributed by atoms with Crippen molar-refractivity contribution < 1.29 is 28.3 Å². The van der Waals surface area contributed by atoms with Crippen LogP contribution in [0.4, 0.5) is 5.69 Å². The van der Waals surface area contributed by atoms with Gasteiger partial charge in [0.1, 0.15) is 6.61 Å². The van der Waals surface area contributed by atoms with Crippen LogP contribution in [0, 0.1) is 6.92 Å². The topological polar surface area (TPSA) is 81.7 Å². The summed E-state index contributed by atoms with van der Waals surface area (Å²) in [6.45, 7) is 3.81. The molecule has 2 aliphatic rings. The second-order valence-corrected chi connectivity index (χ2v) is 10.1. The van der Waals surface area contributed by atoms with Crippen molar-refractivity contribution in [2.45, 2.75) is 64.0 Å². The minimum absolute atomic E-state index is 0.119. The van der Waals surface area contributed by atoms with Gasteiger partial charge in [0.25, 0.3) is 5.91 Å². The third kappa shape index (κ3) is 5.16. The number of likely N-dealkylation sites (tertiary alicyclic amines) is 1. The maximum absolute atomic E-state index is 14.1. The number of aryl methyl sites for hydroxylation is 1. The van der Waals surface area contributed by atoms with Gasteiger partial charge in [0, 0.05) is 12.8 Å². The molecule has 1 aliphatic heterocycles. The summed E-state index contributed by atoms with van der Waals surface area (Å²) < 4.78 is 11.1. The van der Waals surface area contributed by atoms with Crippen molar-refractivity contribution in [2.75, 3.05) is 32.1 Å². The number of hydrogen-bond donors (Lipinski definition) is 1. The molecule has 1 amide bonds. The van der Waals surface area contributed by atoms with E-state index in [-0.39, 0.29) is 25.0 Å². The van der Waals surface area contributed by atoms with Crippen LogP contribution in [0.5, 0.6) is 0 Å². The number of methoxy groups -OCH3 is 1. The predicted octanol–water partition coefficient (Wildman–Crippen LogP) is 4.78. The van der Waals surface area contributed by atoms with Gasteiger partial charge in [0.15, 0.2) is 12.1 Å². The van der Waals surface area contributed by atoms with Gasteiger partial charge >= 0.3 is 11.9 Å². The van der Waals surface area contributed by atoms with Crippen LogP contribution in [0.15, 0.2) is 48.5 Å². The molecule has 2 aromatic rings. The van der Waals surface area contributed by atoms with Crippen LogP contribution in [0.25, 0.3) is 0 Å². The largest absolute Gasteiger partial charge is 0.465 e. The fraction of sp³-hybridized carbons (Fsp3) is 0.483. The summed E-state index contributed by atoms with van der Waals surface area (Å²) in [6, 6.07) is 15.0. The summed E-state index contributed by atoms with van der Waals surface area (Å²) in [5, 5.41) is 3.10. The van der Waals surface area contributed by atoms with Crippen molar-refractivity contribution in [1.82, 2.24) is 0 Å². The highest BCUT2D eigenvalue weighted by Gasteiger charge is 2.61. The molecular weight excluding hydrogens is 456 g/mol. The van der Waals surface area contributed by atoms with Gasteiger partial charge in [-0.2, -0.15) is 0 Å². The molecule has 7 nitrogen and oxygen atoms in total. The molecular formula is C29H37N2O5+. The smallest absolute Gasteiger partial charge is 0.362 e. The molecule has 0 bridgehead atoms. The summed E-state index contributed by atoms with van der Waals surface area (Å²) in [6.07, 6.45) is 6.50. The molecule has 0 unspecified atom stereocenters. The average molecular weight is 494 g/mol. The van der Waals surface area contributed by atoms with Gasteiger partial charge in [-0.3, -0.25) is 4.79 Å². The molecule has 1 saturated carbocycles. The Balaban J connectivity index is 1.60. The van der Waals surface area contributed by atoms with Gasteiger partial charge in [0.05, 0.1) is 31.5 Å². The Kier molecular flexibility index (Phi) is 8.09. The van der Waals surface area contributed by atoms with Crippen LogP contribution in [0.1, 0.15) is 66.4 Å². The lowest BCUT2D eigenvalue weighted by atomic mass is 9.71. The Morgan fingerprint density at radius 2 is 1.61 bits per heavy atom. The Morgan fingerprint density at radius 1 is 0.917 bits per heavy atom. The van der Waals surface area contributed by atoms with Crippen LogP contribution in [-0.4, -0.2) is 54.6 Å². The van der Waals surface area contributed by atoms with Crippen LogP contribution in [0.2, 0.25) is 0 Å². The van der Waals surface area contributed by atoms with Gasteiger partial charge in [0.2, 0.25) is 0 Å². The molecule has 192 valence electrons. The van der Waals surface area contributed by atoms with Crippen molar-refractivity contribution in [2.24, 2.45) is 0 Å². The van der Waals surface area contributed by atoms with E-state index in [0.717, 1.165) is 56.3 Å². The quantitative estimate of drug-likeness (QED) is 0.423. The molecule has 0 radical (unpaired) electrons. The lowest BCUT2D eigenvalue weighted by Crippen LogP contribution is -2.74. The molecule has 2 fully saturated rings. The van der Waals surface area contributed by atoms with Crippen LogP contribution in [0.3, 0.4) is 0 Å². The van der Waals surface area contributed by atoms with E-state index in [1.165, 1.54) is 7.11 Å². The van der Waals surface area contributed by atoms with E-state index in [2.05, 4.69) is 5.32 Å². The highest BCUT2D eigenvalue weighted by atomic mass is 16.5. The molecule has 2 aromatic carbocycles. The minimum Gasteiger partial charge on any atom is -0.465 e. The van der Waals surface area contributed by atoms with Gasteiger partial charge in [-0.1, -0.05) is 42.5 Å². The van der Waals surface area contributed by atoms with Gasteiger partial charge in [-0.25, -0.2) is 9.59 Å². The van der Waals surface area contributed by atoms with Crippen molar-refractivity contribution in [3.8, 4) is 0 Å². The van der Waals surface area contributed by atoms with E-state index in [0.29, 0.717) is 28.6 Å². The van der Waals surface area contributed by atoms with Gasteiger partial charge in [-0.15, -0.1) is 0 Å². The van der Waals surface area contributed by atoms with Crippen molar-refractivity contribution in [3.63, 3.8) is 0 Å². The molecule has 1 N–H and O–H groups in total. The Hall–Kier alpha value is -3.19. The highest BCUT2D eigenvalue weighted by molar-refractivity contribution is 6.05. The number of carbonyl (C=O) groups excluding carboxylic acids is 3. The summed E-state index contributed by atoms with van der Waals surface area (Å²) >= 11 is 0. The molecule has 1 heterocycles. The number of anilines is 1. The lowest BCUT2D eigenvalue weighted by Gasteiger charge is -2.55. The van der Waals surface area contributed by atoms with E-state index in [9.17, 15) is 14.4 Å². The normalized spacial score (nSPS) is 18.3. The summed E-state index contributed by atoms with van der Waals surface area (Å²) in [5.41, 5.74) is 1.85. The molecule has 1 aliphatic carbocycles. The van der Waals surface area contributed by atoms with E-state index >= 15 is 0 Å². The second-order valence-electron chi connectivity index (χ2n) is 10.1. The number of esters is 2. The van der Waals surface area contributed by atoms with Crippen molar-refractivity contribution >= 4 is 23.5 Å². The SMILES string of the molecule is COC(=O)c1cccc(C)c1NC(=O)C1([N+]2(CC(=O)OCc3ccccc3)CCCCCC2)CCC1. The first-order chi connectivity index (χ1) is 17.4. The zero-order valence-electron chi connectivity index (χ0n) is 21.4. The second kappa shape index (κ2) is 11.2. The van der Waals surface area contributed by atoms with Crippen molar-refractivity contribution in [3.05, 3.63) is 65.2 Å². The number of ether oxygens (including phenoxy) is 2. The van der Waals surface area contributed by atoms with Crippen LogP contribution in [-0.2, 0) is 25.7 Å². The summed E-state index contributed by atoms with van der Waals surface area (Å²) in [4.78, 5) is 39.7. The number of amides is 1. The fourth-order valence-corrected chi connectivity index (χ4v) is 5.83. The number of hydrogen-bond acceptors (Lipinski definition) is 5. The highest BCUT2D eigenvalue weighted by Crippen LogP contribution is 2.46. The van der Waals surface area contributed by atoms with Crippen molar-refractivity contribution in [1.29, 1.82) is 0 Å². The van der Waals surface area contributed by atoms with E-state index in [1.807, 2.05) is 43.3 Å². The number of rotatable bonds is 8. The maximum Gasteiger partial charge on any atom is 0.362 e. The van der Waals surface area contributed by atoms with Crippen LogP contribution < -0.4 is 5.32 Å². The minimum atomic E-state index is -0.716. The number of quaternary nitrogens is 1. The number of nitrogens with zero attached hydrogens (tertiary/aromatic N) is 1. The van der Waals surface area contributed by atoms with E-state index in [1.54, 1.807) is 12.1 Å². The monoisotopic (exact) mass is 493 g/mol. The fourth-order valence-electron chi connectivity index (χ4n) is 5.83. The molecule has 0 atom stereocenters. The van der Waals surface area contributed by atoms with Gasteiger partial charge in [-0.05, 0) is 56.2 Å².